The highest BCUT2D eigenvalue weighted by Gasteiger charge is 2.26. The van der Waals surface area contributed by atoms with Crippen molar-refractivity contribution in [2.45, 2.75) is 12.5 Å². The molecule has 1 aromatic heterocycles. The molecular formula is C13H14ClN3O. The highest BCUT2D eigenvalue weighted by Crippen LogP contribution is 2.31. The molecule has 1 aromatic carbocycles. The zero-order chi connectivity index (χ0) is 13.2. The molecule has 2 N–H and O–H groups in total. The fourth-order valence-corrected chi connectivity index (χ4v) is 2.06. The van der Waals surface area contributed by atoms with Gasteiger partial charge in [0.1, 0.15) is 0 Å². The Balaban J connectivity index is 2.44. The Labute approximate surface area is 111 Å². The number of nitrogens with two attached hydrogens (primary N) is 1. The van der Waals surface area contributed by atoms with Crippen molar-refractivity contribution in [3.05, 3.63) is 52.8 Å². The smallest absolute Gasteiger partial charge is 0.316 e. The van der Waals surface area contributed by atoms with Crippen molar-refractivity contribution < 1.29 is 4.74 Å². The fraction of sp³-hybridized carbons (Fsp3) is 0.231. The summed E-state index contributed by atoms with van der Waals surface area (Å²) in [6.45, 7) is 1.87. The number of nitrogens with zero attached hydrogens (tertiary/aromatic N) is 2. The minimum atomic E-state index is -0.745. The highest BCUT2D eigenvalue weighted by atomic mass is 35.5. The summed E-state index contributed by atoms with van der Waals surface area (Å²) in [5.74, 6) is 0. The second-order valence-corrected chi connectivity index (χ2v) is 4.55. The van der Waals surface area contributed by atoms with Crippen LogP contribution in [0.5, 0.6) is 6.01 Å². The van der Waals surface area contributed by atoms with Gasteiger partial charge in [-0.3, -0.25) is 0 Å². The largest absolute Gasteiger partial charge is 0.467 e. The van der Waals surface area contributed by atoms with Crippen LogP contribution in [0.25, 0.3) is 0 Å². The highest BCUT2D eigenvalue weighted by molar-refractivity contribution is 6.31. The molecule has 1 atom stereocenters. The van der Waals surface area contributed by atoms with E-state index in [9.17, 15) is 0 Å². The Bertz CT molecular complexity index is 540. The van der Waals surface area contributed by atoms with Crippen molar-refractivity contribution in [3.63, 3.8) is 0 Å². The maximum Gasteiger partial charge on any atom is 0.316 e. The van der Waals surface area contributed by atoms with Gasteiger partial charge in [0, 0.05) is 23.0 Å². The second-order valence-electron chi connectivity index (χ2n) is 4.14. The maximum atomic E-state index is 6.35. The predicted octanol–water partition coefficient (Wildman–Crippen LogP) is 2.36. The van der Waals surface area contributed by atoms with Crippen LogP contribution in [0.1, 0.15) is 18.1 Å². The lowest BCUT2D eigenvalue weighted by Crippen LogP contribution is -2.34. The van der Waals surface area contributed by atoms with E-state index in [1.54, 1.807) is 12.4 Å². The van der Waals surface area contributed by atoms with Crippen LogP contribution >= 0.6 is 11.6 Å². The zero-order valence-electron chi connectivity index (χ0n) is 10.2. The monoisotopic (exact) mass is 263 g/mol. The Morgan fingerprint density at radius 3 is 2.39 bits per heavy atom. The Kier molecular flexibility index (Phi) is 3.50. The number of methoxy groups -OCH3 is 1. The summed E-state index contributed by atoms with van der Waals surface area (Å²) in [7, 11) is 1.52. The molecule has 0 aliphatic heterocycles. The van der Waals surface area contributed by atoms with Crippen LogP contribution in [0.2, 0.25) is 5.02 Å². The molecule has 2 aromatic rings. The molecule has 0 amide bonds. The molecule has 0 aliphatic carbocycles. The van der Waals surface area contributed by atoms with Crippen LogP contribution in [0.15, 0.2) is 36.7 Å². The van der Waals surface area contributed by atoms with Crippen LogP contribution in [-0.2, 0) is 5.54 Å². The third-order valence-electron chi connectivity index (χ3n) is 2.84. The number of halogens is 1. The third kappa shape index (κ3) is 2.30. The SMILES string of the molecule is COc1ncc(C(C)(N)c2ccccc2Cl)cn1. The van der Waals surface area contributed by atoms with Crippen LogP contribution in [0.4, 0.5) is 0 Å². The van der Waals surface area contributed by atoms with E-state index in [2.05, 4.69) is 9.97 Å². The summed E-state index contributed by atoms with van der Waals surface area (Å²) in [6.07, 6.45) is 3.30. The first kappa shape index (κ1) is 12.8. The minimum Gasteiger partial charge on any atom is -0.467 e. The minimum absolute atomic E-state index is 0.314. The predicted molar refractivity (Wildman–Crippen MR) is 70.7 cm³/mol. The van der Waals surface area contributed by atoms with Crippen LogP contribution in [0, 0.1) is 0 Å². The van der Waals surface area contributed by atoms with E-state index in [1.807, 2.05) is 31.2 Å². The molecule has 2 rings (SSSR count). The van der Waals surface area contributed by atoms with Gasteiger partial charge in [-0.15, -0.1) is 0 Å². The molecule has 1 unspecified atom stereocenters. The van der Waals surface area contributed by atoms with Gasteiger partial charge in [-0.1, -0.05) is 29.8 Å². The van der Waals surface area contributed by atoms with Gasteiger partial charge in [-0.2, -0.15) is 0 Å². The van der Waals surface area contributed by atoms with Crippen molar-refractivity contribution in [1.82, 2.24) is 9.97 Å². The average molecular weight is 264 g/mol. The molecule has 0 fully saturated rings. The summed E-state index contributed by atoms with van der Waals surface area (Å²) in [5, 5.41) is 0.623. The molecule has 4 nitrogen and oxygen atoms in total. The molecule has 0 radical (unpaired) electrons. The summed E-state index contributed by atoms with van der Waals surface area (Å²) >= 11 is 6.17. The summed E-state index contributed by atoms with van der Waals surface area (Å²) in [6, 6.07) is 7.79. The maximum absolute atomic E-state index is 6.35. The number of rotatable bonds is 3. The molecular weight excluding hydrogens is 250 g/mol. The van der Waals surface area contributed by atoms with Crippen LogP contribution < -0.4 is 10.5 Å². The molecule has 94 valence electrons. The summed E-state index contributed by atoms with van der Waals surface area (Å²) in [5.41, 5.74) is 7.21. The third-order valence-corrected chi connectivity index (χ3v) is 3.17. The Morgan fingerprint density at radius 1 is 1.22 bits per heavy atom. The van der Waals surface area contributed by atoms with E-state index in [-0.39, 0.29) is 0 Å². The number of benzene rings is 1. The molecule has 1 heterocycles. The fourth-order valence-electron chi connectivity index (χ4n) is 1.73. The lowest BCUT2D eigenvalue weighted by Gasteiger charge is -2.26. The number of hydrogen-bond acceptors (Lipinski definition) is 4. The normalized spacial score (nSPS) is 14.0. The van der Waals surface area contributed by atoms with Crippen molar-refractivity contribution >= 4 is 11.6 Å². The van der Waals surface area contributed by atoms with Crippen molar-refractivity contribution in [2.24, 2.45) is 5.73 Å². The van der Waals surface area contributed by atoms with Gasteiger partial charge >= 0.3 is 6.01 Å². The van der Waals surface area contributed by atoms with E-state index in [0.29, 0.717) is 11.0 Å². The first-order chi connectivity index (χ1) is 8.55. The zero-order valence-corrected chi connectivity index (χ0v) is 11.0. The van der Waals surface area contributed by atoms with Gasteiger partial charge in [-0.05, 0) is 18.6 Å². The molecule has 0 saturated heterocycles. The summed E-state index contributed by atoms with van der Waals surface area (Å²) in [4.78, 5) is 8.12. The van der Waals surface area contributed by atoms with Gasteiger partial charge in [0.05, 0.1) is 12.6 Å². The lowest BCUT2D eigenvalue weighted by atomic mass is 9.87. The molecule has 0 aliphatic rings. The van der Waals surface area contributed by atoms with E-state index in [0.717, 1.165) is 11.1 Å². The second kappa shape index (κ2) is 4.92. The summed E-state index contributed by atoms with van der Waals surface area (Å²) < 4.78 is 4.92. The first-order valence-corrected chi connectivity index (χ1v) is 5.84. The van der Waals surface area contributed by atoms with Crippen molar-refractivity contribution in [3.8, 4) is 6.01 Å². The van der Waals surface area contributed by atoms with E-state index < -0.39 is 5.54 Å². The quantitative estimate of drug-likeness (QED) is 0.924. The number of ether oxygens (including phenoxy) is 1. The first-order valence-electron chi connectivity index (χ1n) is 5.46. The molecule has 18 heavy (non-hydrogen) atoms. The van der Waals surface area contributed by atoms with Gasteiger partial charge in [0.15, 0.2) is 0 Å². The van der Waals surface area contributed by atoms with Gasteiger partial charge in [0.25, 0.3) is 0 Å². The lowest BCUT2D eigenvalue weighted by molar-refractivity contribution is 0.378. The van der Waals surface area contributed by atoms with Crippen LogP contribution in [0.3, 0.4) is 0 Å². The van der Waals surface area contributed by atoms with E-state index in [1.165, 1.54) is 7.11 Å². The van der Waals surface area contributed by atoms with Crippen molar-refractivity contribution in [2.75, 3.05) is 7.11 Å². The average Bonchev–Trinajstić information content (AvgIpc) is 2.39. The van der Waals surface area contributed by atoms with E-state index >= 15 is 0 Å². The molecule has 5 heteroatoms. The van der Waals surface area contributed by atoms with Gasteiger partial charge < -0.3 is 10.5 Å². The Hall–Kier alpha value is -1.65. The molecule has 0 spiro atoms. The van der Waals surface area contributed by atoms with E-state index in [4.69, 9.17) is 22.1 Å². The van der Waals surface area contributed by atoms with Crippen LogP contribution in [-0.4, -0.2) is 17.1 Å². The number of hydrogen-bond donors (Lipinski definition) is 1. The Morgan fingerprint density at radius 2 is 1.83 bits per heavy atom. The van der Waals surface area contributed by atoms with Crippen molar-refractivity contribution in [1.29, 1.82) is 0 Å². The topological polar surface area (TPSA) is 61.0 Å². The number of aromatic nitrogens is 2. The molecule has 0 bridgehead atoms. The molecule has 0 saturated carbocycles. The van der Waals surface area contributed by atoms with Gasteiger partial charge in [-0.25, -0.2) is 9.97 Å². The standard InChI is InChI=1S/C13H14ClN3O/c1-13(15,10-5-3-4-6-11(10)14)9-7-16-12(18-2)17-8-9/h3-8H,15H2,1-2H3. The van der Waals surface area contributed by atoms with Gasteiger partial charge in [0.2, 0.25) is 0 Å².